The van der Waals surface area contributed by atoms with E-state index < -0.39 is 5.54 Å². The molecule has 0 amide bonds. The van der Waals surface area contributed by atoms with Crippen molar-refractivity contribution in [1.82, 2.24) is 20.3 Å². The van der Waals surface area contributed by atoms with Gasteiger partial charge in [-0.25, -0.2) is 4.98 Å². The Balaban J connectivity index is 2.07. The van der Waals surface area contributed by atoms with Crippen LogP contribution in [0.15, 0.2) is 6.07 Å². The van der Waals surface area contributed by atoms with Crippen molar-refractivity contribution in [3.8, 4) is 0 Å². The first-order valence-electron chi connectivity index (χ1n) is 7.50. The SMILES string of the molecule is CNc1nc(NC2(CO)CCNC2)nc2nc(C)cc(C)c12. The molecule has 0 saturated carbocycles. The lowest BCUT2D eigenvalue weighted by molar-refractivity contribution is 0.222. The predicted octanol–water partition coefficient (Wildman–Crippen LogP) is 0.820. The molecule has 0 radical (unpaired) electrons. The third-order valence-corrected chi connectivity index (χ3v) is 4.15. The molecule has 3 heterocycles. The Kier molecular flexibility index (Phi) is 3.84. The smallest absolute Gasteiger partial charge is 0.227 e. The monoisotopic (exact) mass is 302 g/mol. The maximum atomic E-state index is 9.72. The number of aliphatic hydroxyl groups excluding tert-OH is 1. The number of nitrogens with one attached hydrogen (secondary N) is 3. The fraction of sp³-hybridized carbons (Fsp3) is 0.533. The minimum Gasteiger partial charge on any atom is -0.394 e. The van der Waals surface area contributed by atoms with E-state index in [1.807, 2.05) is 27.0 Å². The molecular weight excluding hydrogens is 280 g/mol. The highest BCUT2D eigenvalue weighted by molar-refractivity contribution is 5.90. The van der Waals surface area contributed by atoms with Gasteiger partial charge in [0.15, 0.2) is 5.65 Å². The van der Waals surface area contributed by atoms with Crippen LogP contribution in [0.1, 0.15) is 17.7 Å². The van der Waals surface area contributed by atoms with Crippen molar-refractivity contribution in [3.05, 3.63) is 17.3 Å². The van der Waals surface area contributed by atoms with Crippen molar-refractivity contribution in [2.75, 3.05) is 37.4 Å². The molecule has 1 fully saturated rings. The summed E-state index contributed by atoms with van der Waals surface area (Å²) in [5.74, 6) is 1.24. The lowest BCUT2D eigenvalue weighted by Gasteiger charge is -2.27. The van der Waals surface area contributed by atoms with Gasteiger partial charge < -0.3 is 21.1 Å². The zero-order valence-electron chi connectivity index (χ0n) is 13.2. The fourth-order valence-electron chi connectivity index (χ4n) is 2.98. The van der Waals surface area contributed by atoms with Crippen LogP contribution in [0.3, 0.4) is 0 Å². The van der Waals surface area contributed by atoms with Crippen LogP contribution < -0.4 is 16.0 Å². The van der Waals surface area contributed by atoms with Crippen molar-refractivity contribution in [1.29, 1.82) is 0 Å². The molecule has 22 heavy (non-hydrogen) atoms. The van der Waals surface area contributed by atoms with Gasteiger partial charge in [0.25, 0.3) is 0 Å². The molecular formula is C15H22N6O. The number of hydrogen-bond donors (Lipinski definition) is 4. The normalized spacial score (nSPS) is 21.3. The summed E-state index contributed by atoms with van der Waals surface area (Å²) in [4.78, 5) is 13.6. The van der Waals surface area contributed by atoms with E-state index in [0.717, 1.165) is 35.4 Å². The fourth-order valence-corrected chi connectivity index (χ4v) is 2.98. The molecule has 1 aliphatic rings. The number of aliphatic hydroxyl groups is 1. The molecule has 2 aromatic rings. The number of aromatic nitrogens is 3. The maximum absolute atomic E-state index is 9.72. The second kappa shape index (κ2) is 5.66. The second-order valence-electron chi connectivity index (χ2n) is 5.92. The van der Waals surface area contributed by atoms with E-state index in [4.69, 9.17) is 0 Å². The minimum atomic E-state index is -0.405. The number of aryl methyl sites for hydroxylation is 2. The Morgan fingerprint density at radius 3 is 2.77 bits per heavy atom. The minimum absolute atomic E-state index is 0.0383. The van der Waals surface area contributed by atoms with Crippen LogP contribution in [0.2, 0.25) is 0 Å². The van der Waals surface area contributed by atoms with E-state index in [1.165, 1.54) is 0 Å². The summed E-state index contributed by atoms with van der Waals surface area (Å²) in [5, 5.41) is 20.3. The Labute approximate surface area is 129 Å². The molecule has 1 aliphatic heterocycles. The highest BCUT2D eigenvalue weighted by atomic mass is 16.3. The summed E-state index contributed by atoms with van der Waals surface area (Å²) >= 11 is 0. The van der Waals surface area contributed by atoms with E-state index in [1.54, 1.807) is 0 Å². The van der Waals surface area contributed by atoms with Crippen LogP contribution >= 0.6 is 0 Å². The third kappa shape index (κ3) is 2.57. The molecule has 1 unspecified atom stereocenters. The summed E-state index contributed by atoms with van der Waals surface area (Å²) in [6.45, 7) is 5.59. The molecule has 1 atom stereocenters. The number of hydrogen-bond acceptors (Lipinski definition) is 7. The maximum Gasteiger partial charge on any atom is 0.227 e. The quantitative estimate of drug-likeness (QED) is 0.664. The number of nitrogens with zero attached hydrogens (tertiary/aromatic N) is 3. The highest BCUT2D eigenvalue weighted by Crippen LogP contribution is 2.26. The number of anilines is 2. The molecule has 3 rings (SSSR count). The van der Waals surface area contributed by atoms with Crippen LogP contribution in [0.4, 0.5) is 11.8 Å². The first kappa shape index (κ1) is 14.9. The molecule has 1 saturated heterocycles. The molecule has 0 aliphatic carbocycles. The second-order valence-corrected chi connectivity index (χ2v) is 5.92. The molecule has 2 aromatic heterocycles. The summed E-state index contributed by atoms with van der Waals surface area (Å²) < 4.78 is 0. The third-order valence-electron chi connectivity index (χ3n) is 4.15. The number of pyridine rings is 1. The van der Waals surface area contributed by atoms with Crippen molar-refractivity contribution in [2.24, 2.45) is 0 Å². The van der Waals surface area contributed by atoms with Crippen LogP contribution in [0.25, 0.3) is 11.0 Å². The van der Waals surface area contributed by atoms with Gasteiger partial charge in [0.1, 0.15) is 5.82 Å². The van der Waals surface area contributed by atoms with Crippen LogP contribution in [-0.2, 0) is 0 Å². The summed E-state index contributed by atoms with van der Waals surface area (Å²) in [6, 6.07) is 2.02. The van der Waals surface area contributed by atoms with Gasteiger partial charge >= 0.3 is 0 Å². The van der Waals surface area contributed by atoms with E-state index in [9.17, 15) is 5.11 Å². The average Bonchev–Trinajstić information content (AvgIpc) is 2.94. The van der Waals surface area contributed by atoms with Gasteiger partial charge in [-0.05, 0) is 38.4 Å². The van der Waals surface area contributed by atoms with Crippen LogP contribution in [0, 0.1) is 13.8 Å². The van der Waals surface area contributed by atoms with Gasteiger partial charge in [0, 0.05) is 19.3 Å². The summed E-state index contributed by atoms with van der Waals surface area (Å²) in [6.07, 6.45) is 0.833. The Hall–Kier alpha value is -1.99. The number of fused-ring (bicyclic) bond motifs is 1. The summed E-state index contributed by atoms with van der Waals surface area (Å²) in [5.41, 5.74) is 2.28. The van der Waals surface area contributed by atoms with E-state index in [0.29, 0.717) is 18.1 Å². The number of rotatable bonds is 4. The highest BCUT2D eigenvalue weighted by Gasteiger charge is 2.34. The zero-order chi connectivity index (χ0) is 15.7. The van der Waals surface area contributed by atoms with Gasteiger partial charge in [-0.3, -0.25) is 0 Å². The molecule has 0 bridgehead atoms. The standard InChI is InChI=1S/C15H22N6O/c1-9-6-10(2)18-13-11(9)12(16-3)19-14(20-13)21-15(8-22)4-5-17-7-15/h6,17,22H,4-5,7-8H2,1-3H3,(H2,16,18,19,20,21). The van der Waals surface area contributed by atoms with Crippen LogP contribution in [0.5, 0.6) is 0 Å². The topological polar surface area (TPSA) is 95.0 Å². The van der Waals surface area contributed by atoms with Gasteiger partial charge in [0.2, 0.25) is 5.95 Å². The van der Waals surface area contributed by atoms with Gasteiger partial charge in [-0.1, -0.05) is 0 Å². The first-order valence-corrected chi connectivity index (χ1v) is 7.50. The largest absolute Gasteiger partial charge is 0.394 e. The Morgan fingerprint density at radius 1 is 1.32 bits per heavy atom. The lowest BCUT2D eigenvalue weighted by atomic mass is 10.0. The molecule has 4 N–H and O–H groups in total. The molecule has 7 nitrogen and oxygen atoms in total. The van der Waals surface area contributed by atoms with E-state index >= 15 is 0 Å². The van der Waals surface area contributed by atoms with Gasteiger partial charge in [0.05, 0.1) is 17.5 Å². The Morgan fingerprint density at radius 2 is 2.14 bits per heavy atom. The first-order chi connectivity index (χ1) is 10.6. The van der Waals surface area contributed by atoms with Crippen molar-refractivity contribution in [2.45, 2.75) is 25.8 Å². The van der Waals surface area contributed by atoms with Gasteiger partial charge in [-0.15, -0.1) is 0 Å². The van der Waals surface area contributed by atoms with E-state index in [-0.39, 0.29) is 6.61 Å². The lowest BCUT2D eigenvalue weighted by Crippen LogP contribution is -2.44. The Bertz CT molecular complexity index is 696. The van der Waals surface area contributed by atoms with Crippen molar-refractivity contribution in [3.63, 3.8) is 0 Å². The molecule has 0 aromatic carbocycles. The predicted molar refractivity (Wildman–Crippen MR) is 87.3 cm³/mol. The summed E-state index contributed by atoms with van der Waals surface area (Å²) in [7, 11) is 1.84. The molecule has 118 valence electrons. The van der Waals surface area contributed by atoms with E-state index in [2.05, 4.69) is 30.9 Å². The molecule has 7 heteroatoms. The average molecular weight is 302 g/mol. The zero-order valence-corrected chi connectivity index (χ0v) is 13.2. The van der Waals surface area contributed by atoms with Crippen molar-refractivity contribution < 1.29 is 5.11 Å². The molecule has 0 spiro atoms. The van der Waals surface area contributed by atoms with Crippen molar-refractivity contribution >= 4 is 22.8 Å². The van der Waals surface area contributed by atoms with Crippen LogP contribution in [-0.4, -0.2) is 52.3 Å². The van der Waals surface area contributed by atoms with Gasteiger partial charge in [-0.2, -0.15) is 9.97 Å².